The van der Waals surface area contributed by atoms with E-state index in [1.54, 1.807) is 11.3 Å². The SMILES string of the molecule is Cc1nc(CN2C(=O)C[C@@H]3[C@@H]2CCN3Cc2ccc(F)cc2)cs1. The molecule has 0 bridgehead atoms. The number of hydrogen-bond donors (Lipinski definition) is 0. The van der Waals surface area contributed by atoms with Crippen LogP contribution in [0.15, 0.2) is 29.6 Å². The number of fused-ring (bicyclic) bond motifs is 1. The van der Waals surface area contributed by atoms with Crippen LogP contribution in [0, 0.1) is 12.7 Å². The van der Waals surface area contributed by atoms with E-state index in [1.165, 1.54) is 12.1 Å². The maximum absolute atomic E-state index is 13.1. The quantitative estimate of drug-likeness (QED) is 0.855. The Morgan fingerprint density at radius 1 is 1.25 bits per heavy atom. The van der Waals surface area contributed by atoms with E-state index in [0.717, 1.165) is 35.8 Å². The molecule has 0 N–H and O–H groups in total. The summed E-state index contributed by atoms with van der Waals surface area (Å²) in [4.78, 5) is 21.3. The van der Waals surface area contributed by atoms with Gasteiger partial charge in [0.2, 0.25) is 5.91 Å². The molecular formula is C18H20FN3OS. The smallest absolute Gasteiger partial charge is 0.224 e. The van der Waals surface area contributed by atoms with Gasteiger partial charge in [0.05, 0.1) is 17.2 Å². The summed E-state index contributed by atoms with van der Waals surface area (Å²) < 4.78 is 13.1. The van der Waals surface area contributed by atoms with Gasteiger partial charge in [-0.05, 0) is 31.0 Å². The largest absolute Gasteiger partial charge is 0.332 e. The van der Waals surface area contributed by atoms with Crippen molar-refractivity contribution in [3.8, 4) is 0 Å². The van der Waals surface area contributed by atoms with Crippen LogP contribution >= 0.6 is 11.3 Å². The van der Waals surface area contributed by atoms with Gasteiger partial charge in [0.1, 0.15) is 5.82 Å². The van der Waals surface area contributed by atoms with Crippen LogP contribution < -0.4 is 0 Å². The predicted molar refractivity (Wildman–Crippen MR) is 91.0 cm³/mol. The van der Waals surface area contributed by atoms with Crippen molar-refractivity contribution in [2.24, 2.45) is 0 Å². The lowest BCUT2D eigenvalue weighted by atomic mass is 10.1. The molecule has 24 heavy (non-hydrogen) atoms. The molecule has 2 fully saturated rings. The van der Waals surface area contributed by atoms with Crippen LogP contribution in [0.3, 0.4) is 0 Å². The van der Waals surface area contributed by atoms with Gasteiger partial charge in [-0.2, -0.15) is 0 Å². The highest BCUT2D eigenvalue weighted by atomic mass is 32.1. The van der Waals surface area contributed by atoms with Crippen molar-refractivity contribution in [3.05, 3.63) is 51.7 Å². The van der Waals surface area contributed by atoms with Gasteiger partial charge in [-0.1, -0.05) is 12.1 Å². The molecule has 0 saturated carbocycles. The third-order valence-electron chi connectivity index (χ3n) is 5.03. The number of benzene rings is 1. The van der Waals surface area contributed by atoms with Crippen LogP contribution in [-0.4, -0.2) is 39.3 Å². The number of aromatic nitrogens is 1. The maximum Gasteiger partial charge on any atom is 0.224 e. The van der Waals surface area contributed by atoms with Crippen LogP contribution in [-0.2, 0) is 17.9 Å². The van der Waals surface area contributed by atoms with E-state index in [1.807, 2.05) is 29.3 Å². The molecule has 1 aromatic carbocycles. The van der Waals surface area contributed by atoms with E-state index in [4.69, 9.17) is 0 Å². The summed E-state index contributed by atoms with van der Waals surface area (Å²) in [5.41, 5.74) is 2.08. The Hall–Kier alpha value is -1.79. The lowest BCUT2D eigenvalue weighted by Gasteiger charge is -2.25. The van der Waals surface area contributed by atoms with Crippen molar-refractivity contribution in [2.75, 3.05) is 6.54 Å². The third kappa shape index (κ3) is 2.96. The zero-order chi connectivity index (χ0) is 16.7. The van der Waals surface area contributed by atoms with Crippen molar-refractivity contribution >= 4 is 17.2 Å². The average molecular weight is 345 g/mol. The van der Waals surface area contributed by atoms with Gasteiger partial charge in [0, 0.05) is 37.0 Å². The van der Waals surface area contributed by atoms with Gasteiger partial charge in [-0.3, -0.25) is 9.69 Å². The number of thiazole rings is 1. The minimum absolute atomic E-state index is 0.209. The third-order valence-corrected chi connectivity index (χ3v) is 5.85. The molecule has 4 nitrogen and oxygen atoms in total. The van der Waals surface area contributed by atoms with Gasteiger partial charge in [-0.25, -0.2) is 9.37 Å². The molecule has 0 aliphatic carbocycles. The Bertz CT molecular complexity index is 745. The van der Waals surface area contributed by atoms with Gasteiger partial charge in [0.25, 0.3) is 0 Å². The van der Waals surface area contributed by atoms with Crippen LogP contribution in [0.5, 0.6) is 0 Å². The molecule has 4 rings (SSSR count). The van der Waals surface area contributed by atoms with Crippen molar-refractivity contribution in [3.63, 3.8) is 0 Å². The van der Waals surface area contributed by atoms with E-state index in [9.17, 15) is 9.18 Å². The highest BCUT2D eigenvalue weighted by molar-refractivity contribution is 7.09. The molecule has 0 radical (unpaired) electrons. The molecular weight excluding hydrogens is 325 g/mol. The Morgan fingerprint density at radius 3 is 2.75 bits per heavy atom. The summed E-state index contributed by atoms with van der Waals surface area (Å²) in [6.07, 6.45) is 1.58. The molecule has 3 heterocycles. The second-order valence-electron chi connectivity index (χ2n) is 6.60. The highest BCUT2D eigenvalue weighted by Crippen LogP contribution is 2.34. The molecule has 2 atom stereocenters. The molecule has 0 spiro atoms. The standard InChI is InChI=1S/C18H20FN3OS/c1-12-20-15(11-24-12)10-22-16-6-7-21(17(16)8-18(22)23)9-13-2-4-14(19)5-3-13/h2-5,11,16-17H,6-10H2,1H3/t16-,17+/m0/s1. The van der Waals surface area contributed by atoms with E-state index in [-0.39, 0.29) is 23.8 Å². The number of carbonyl (C=O) groups excluding carboxylic acids is 1. The average Bonchev–Trinajstić information content (AvgIpc) is 3.22. The van der Waals surface area contributed by atoms with Crippen LogP contribution in [0.2, 0.25) is 0 Å². The second-order valence-corrected chi connectivity index (χ2v) is 7.67. The molecule has 2 aromatic rings. The normalized spacial score (nSPS) is 23.9. The number of likely N-dealkylation sites (tertiary alicyclic amines) is 2. The lowest BCUT2D eigenvalue weighted by Crippen LogP contribution is -2.36. The number of rotatable bonds is 4. The van der Waals surface area contributed by atoms with E-state index in [2.05, 4.69) is 9.88 Å². The minimum Gasteiger partial charge on any atom is -0.332 e. The monoisotopic (exact) mass is 345 g/mol. The topological polar surface area (TPSA) is 36.4 Å². The zero-order valence-corrected chi connectivity index (χ0v) is 14.4. The number of aryl methyl sites for hydroxylation is 1. The fraction of sp³-hybridized carbons (Fsp3) is 0.444. The van der Waals surface area contributed by atoms with Crippen molar-refractivity contribution in [1.29, 1.82) is 0 Å². The number of hydrogen-bond acceptors (Lipinski definition) is 4. The molecule has 2 aliphatic heterocycles. The summed E-state index contributed by atoms with van der Waals surface area (Å²) in [6.45, 7) is 4.36. The Labute approximate surface area is 144 Å². The number of carbonyl (C=O) groups is 1. The van der Waals surface area contributed by atoms with Crippen molar-refractivity contribution in [2.45, 2.75) is 44.9 Å². The van der Waals surface area contributed by atoms with Crippen LogP contribution in [0.25, 0.3) is 0 Å². The first-order valence-electron chi connectivity index (χ1n) is 8.29. The molecule has 2 saturated heterocycles. The fourth-order valence-electron chi connectivity index (χ4n) is 3.89. The molecule has 1 amide bonds. The summed E-state index contributed by atoms with van der Waals surface area (Å²) in [5, 5.41) is 3.08. The fourth-order valence-corrected chi connectivity index (χ4v) is 4.49. The van der Waals surface area contributed by atoms with Gasteiger partial charge in [0.15, 0.2) is 0 Å². The molecule has 0 unspecified atom stereocenters. The second kappa shape index (κ2) is 6.26. The van der Waals surface area contributed by atoms with E-state index in [0.29, 0.717) is 13.0 Å². The summed E-state index contributed by atoms with van der Waals surface area (Å²) in [5.74, 6) is 0.0123. The van der Waals surface area contributed by atoms with E-state index >= 15 is 0 Å². The van der Waals surface area contributed by atoms with Crippen LogP contribution in [0.4, 0.5) is 4.39 Å². The summed E-state index contributed by atoms with van der Waals surface area (Å²) in [7, 11) is 0. The first-order chi connectivity index (χ1) is 11.6. The van der Waals surface area contributed by atoms with E-state index < -0.39 is 0 Å². The number of amides is 1. The minimum atomic E-state index is -0.209. The van der Waals surface area contributed by atoms with Crippen molar-refractivity contribution < 1.29 is 9.18 Å². The highest BCUT2D eigenvalue weighted by Gasteiger charge is 2.46. The maximum atomic E-state index is 13.1. The molecule has 1 aromatic heterocycles. The van der Waals surface area contributed by atoms with Crippen molar-refractivity contribution in [1.82, 2.24) is 14.8 Å². The lowest BCUT2D eigenvalue weighted by molar-refractivity contribution is -0.129. The number of nitrogens with zero attached hydrogens (tertiary/aromatic N) is 3. The predicted octanol–water partition coefficient (Wildman–Crippen LogP) is 2.97. The first-order valence-corrected chi connectivity index (χ1v) is 9.17. The molecule has 126 valence electrons. The summed E-state index contributed by atoms with van der Waals surface area (Å²) in [6, 6.07) is 7.20. The van der Waals surface area contributed by atoms with Crippen LogP contribution in [0.1, 0.15) is 29.1 Å². The van der Waals surface area contributed by atoms with Gasteiger partial charge < -0.3 is 4.90 Å². The summed E-state index contributed by atoms with van der Waals surface area (Å²) >= 11 is 1.63. The Balaban J connectivity index is 1.45. The van der Waals surface area contributed by atoms with Gasteiger partial charge in [-0.15, -0.1) is 11.3 Å². The number of halogens is 1. The molecule has 6 heteroatoms. The molecule has 2 aliphatic rings. The first kappa shape index (κ1) is 15.7. The zero-order valence-electron chi connectivity index (χ0n) is 13.6. The Morgan fingerprint density at radius 2 is 2.04 bits per heavy atom. The van der Waals surface area contributed by atoms with Gasteiger partial charge >= 0.3 is 0 Å². The Kier molecular flexibility index (Phi) is 4.10.